The van der Waals surface area contributed by atoms with Crippen LogP contribution in [0.25, 0.3) is 11.1 Å². The van der Waals surface area contributed by atoms with E-state index in [1.54, 1.807) is 0 Å². The number of nitrogens with one attached hydrogen (secondary N) is 1. The van der Waals surface area contributed by atoms with Crippen molar-refractivity contribution in [1.29, 1.82) is 0 Å². The lowest BCUT2D eigenvalue weighted by atomic mass is 9.79. The van der Waals surface area contributed by atoms with Gasteiger partial charge in [0.25, 0.3) is 0 Å². The lowest BCUT2D eigenvalue weighted by molar-refractivity contribution is -0.131. The Bertz CT molecular complexity index is 1050. The van der Waals surface area contributed by atoms with Gasteiger partial charge in [-0.15, -0.1) is 0 Å². The zero-order valence-electron chi connectivity index (χ0n) is 19.2. The van der Waals surface area contributed by atoms with Crippen molar-refractivity contribution >= 4 is 5.91 Å². The van der Waals surface area contributed by atoms with E-state index in [0.717, 1.165) is 55.0 Å². The van der Waals surface area contributed by atoms with Crippen molar-refractivity contribution in [3.05, 3.63) is 83.9 Å². The van der Waals surface area contributed by atoms with Gasteiger partial charge < -0.3 is 5.32 Å². The first-order chi connectivity index (χ1) is 15.4. The summed E-state index contributed by atoms with van der Waals surface area (Å²) < 4.78 is 0. The molecule has 1 aliphatic rings. The van der Waals surface area contributed by atoms with Crippen molar-refractivity contribution in [2.45, 2.75) is 46.2 Å². The topological polar surface area (TPSA) is 58.1 Å². The number of pyridine rings is 2. The van der Waals surface area contributed by atoms with Crippen LogP contribution in [0, 0.1) is 12.3 Å². The fraction of sp³-hybridized carbons (Fsp3) is 0.370. The summed E-state index contributed by atoms with van der Waals surface area (Å²) in [6, 6.07) is 18.9. The first-order valence-electron chi connectivity index (χ1n) is 11.4. The van der Waals surface area contributed by atoms with Crippen LogP contribution in [0.4, 0.5) is 0 Å². The third-order valence-corrected chi connectivity index (χ3v) is 6.18. The molecule has 166 valence electrons. The van der Waals surface area contributed by atoms with E-state index in [1.807, 2.05) is 51.4 Å². The molecule has 4 rings (SSSR count). The van der Waals surface area contributed by atoms with Crippen molar-refractivity contribution in [3.63, 3.8) is 0 Å². The molecule has 0 spiro atoms. The van der Waals surface area contributed by atoms with E-state index in [-0.39, 0.29) is 11.9 Å². The molecule has 5 nitrogen and oxygen atoms in total. The molecule has 2 aromatic heterocycles. The standard InChI is InChI=1S/C27H32N4O/c1-20(2)29-26(32)27(13-16-31(19-27)18-25-6-4-5-21(3)30-25)17-22-7-9-23(10-8-22)24-11-14-28-15-12-24/h4-12,14-15,20H,13,16-19H2,1-3H3,(H,29,32)/t27-/m1/s1. The van der Waals surface area contributed by atoms with Crippen molar-refractivity contribution in [1.82, 2.24) is 20.2 Å². The Balaban J connectivity index is 1.52. The van der Waals surface area contributed by atoms with Gasteiger partial charge in [0.05, 0.1) is 11.1 Å². The molecule has 0 bridgehead atoms. The molecule has 1 saturated heterocycles. The van der Waals surface area contributed by atoms with Gasteiger partial charge in [0.15, 0.2) is 0 Å². The van der Waals surface area contributed by atoms with Crippen molar-refractivity contribution < 1.29 is 4.79 Å². The van der Waals surface area contributed by atoms with Crippen LogP contribution in [-0.4, -0.2) is 39.9 Å². The van der Waals surface area contributed by atoms with Crippen LogP contribution < -0.4 is 5.32 Å². The van der Waals surface area contributed by atoms with Gasteiger partial charge >= 0.3 is 0 Å². The lowest BCUT2D eigenvalue weighted by Crippen LogP contribution is -2.46. The molecular formula is C27H32N4O. The molecule has 0 saturated carbocycles. The molecule has 1 amide bonds. The average Bonchev–Trinajstić information content (AvgIpc) is 3.18. The molecule has 0 radical (unpaired) electrons. The van der Waals surface area contributed by atoms with Crippen LogP contribution in [0.2, 0.25) is 0 Å². The van der Waals surface area contributed by atoms with Gasteiger partial charge in [-0.3, -0.25) is 19.7 Å². The number of nitrogens with zero attached hydrogens (tertiary/aromatic N) is 3. The van der Waals surface area contributed by atoms with Crippen LogP contribution in [0.5, 0.6) is 0 Å². The van der Waals surface area contributed by atoms with E-state index < -0.39 is 5.41 Å². The van der Waals surface area contributed by atoms with E-state index in [0.29, 0.717) is 0 Å². The number of amides is 1. The number of rotatable bonds is 7. The van der Waals surface area contributed by atoms with Gasteiger partial charge in [-0.2, -0.15) is 0 Å². The highest BCUT2D eigenvalue weighted by Gasteiger charge is 2.44. The van der Waals surface area contributed by atoms with Crippen LogP contribution in [0.15, 0.2) is 67.0 Å². The Morgan fingerprint density at radius 2 is 1.78 bits per heavy atom. The van der Waals surface area contributed by atoms with Crippen LogP contribution in [-0.2, 0) is 17.8 Å². The molecule has 0 aliphatic carbocycles. The summed E-state index contributed by atoms with van der Waals surface area (Å²) in [6.07, 6.45) is 5.21. The summed E-state index contributed by atoms with van der Waals surface area (Å²) in [5.74, 6) is 0.158. The number of hydrogen-bond donors (Lipinski definition) is 1. The molecule has 32 heavy (non-hydrogen) atoms. The largest absolute Gasteiger partial charge is 0.353 e. The number of carbonyl (C=O) groups excluding carboxylic acids is 1. The SMILES string of the molecule is Cc1cccc(CN2CC[C@](Cc3ccc(-c4ccncc4)cc3)(C(=O)NC(C)C)C2)n1. The molecule has 0 unspecified atom stereocenters. The lowest BCUT2D eigenvalue weighted by Gasteiger charge is -2.29. The molecule has 1 N–H and O–H groups in total. The van der Waals surface area contributed by atoms with Crippen LogP contribution >= 0.6 is 0 Å². The fourth-order valence-electron chi connectivity index (χ4n) is 4.59. The summed E-state index contributed by atoms with van der Waals surface area (Å²) in [5, 5.41) is 3.19. The minimum Gasteiger partial charge on any atom is -0.353 e. The smallest absolute Gasteiger partial charge is 0.228 e. The second kappa shape index (κ2) is 9.61. The monoisotopic (exact) mass is 428 g/mol. The highest BCUT2D eigenvalue weighted by Crippen LogP contribution is 2.36. The number of hydrogen-bond acceptors (Lipinski definition) is 4. The fourth-order valence-corrected chi connectivity index (χ4v) is 4.59. The normalized spacial score (nSPS) is 18.8. The first-order valence-corrected chi connectivity index (χ1v) is 11.4. The first kappa shape index (κ1) is 22.2. The number of aromatic nitrogens is 2. The summed E-state index contributed by atoms with van der Waals surface area (Å²) >= 11 is 0. The Morgan fingerprint density at radius 3 is 2.47 bits per heavy atom. The maximum atomic E-state index is 13.4. The van der Waals surface area contributed by atoms with Gasteiger partial charge in [-0.1, -0.05) is 30.3 Å². The van der Waals surface area contributed by atoms with Crippen molar-refractivity contribution in [2.24, 2.45) is 5.41 Å². The highest BCUT2D eigenvalue weighted by atomic mass is 16.2. The molecular weight excluding hydrogens is 396 g/mol. The van der Waals surface area contributed by atoms with Crippen molar-refractivity contribution in [3.8, 4) is 11.1 Å². The van der Waals surface area contributed by atoms with Gasteiger partial charge in [0, 0.05) is 37.2 Å². The molecule has 1 fully saturated rings. The number of carbonyl (C=O) groups is 1. The molecule has 3 heterocycles. The van der Waals surface area contributed by atoms with E-state index in [9.17, 15) is 4.79 Å². The maximum absolute atomic E-state index is 13.4. The minimum absolute atomic E-state index is 0.126. The van der Waals surface area contributed by atoms with E-state index in [2.05, 4.69) is 56.6 Å². The zero-order chi connectivity index (χ0) is 22.6. The number of benzene rings is 1. The Morgan fingerprint density at radius 1 is 1.06 bits per heavy atom. The van der Waals surface area contributed by atoms with E-state index in [1.165, 1.54) is 5.56 Å². The summed E-state index contributed by atoms with van der Waals surface area (Å²) in [6.45, 7) is 8.49. The van der Waals surface area contributed by atoms with Crippen molar-refractivity contribution in [2.75, 3.05) is 13.1 Å². The van der Waals surface area contributed by atoms with Crippen LogP contribution in [0.1, 0.15) is 37.2 Å². The van der Waals surface area contributed by atoms with E-state index in [4.69, 9.17) is 0 Å². The molecule has 1 aliphatic heterocycles. The van der Waals surface area contributed by atoms with Gasteiger partial charge in [0.1, 0.15) is 0 Å². The van der Waals surface area contributed by atoms with E-state index >= 15 is 0 Å². The Hall–Kier alpha value is -3.05. The second-order valence-corrected chi connectivity index (χ2v) is 9.25. The summed E-state index contributed by atoms with van der Waals surface area (Å²) in [7, 11) is 0. The Labute approximate surface area is 190 Å². The van der Waals surface area contributed by atoms with Gasteiger partial charge in [-0.25, -0.2) is 0 Å². The van der Waals surface area contributed by atoms with Gasteiger partial charge in [0.2, 0.25) is 5.91 Å². The highest BCUT2D eigenvalue weighted by molar-refractivity contribution is 5.84. The molecule has 5 heteroatoms. The molecule has 1 atom stereocenters. The quantitative estimate of drug-likeness (QED) is 0.606. The van der Waals surface area contributed by atoms with Gasteiger partial charge in [-0.05, 0) is 81.1 Å². The Kier molecular flexibility index (Phi) is 6.66. The minimum atomic E-state index is -0.424. The number of aryl methyl sites for hydroxylation is 1. The third kappa shape index (κ3) is 5.22. The second-order valence-electron chi connectivity index (χ2n) is 9.25. The zero-order valence-corrected chi connectivity index (χ0v) is 19.2. The average molecular weight is 429 g/mol. The predicted octanol–water partition coefficient (Wildman–Crippen LogP) is 4.41. The summed E-state index contributed by atoms with van der Waals surface area (Å²) in [4.78, 5) is 24.5. The molecule has 1 aromatic carbocycles. The predicted molar refractivity (Wildman–Crippen MR) is 128 cm³/mol. The number of likely N-dealkylation sites (tertiary alicyclic amines) is 1. The molecule has 3 aromatic rings. The third-order valence-electron chi connectivity index (χ3n) is 6.18. The van der Waals surface area contributed by atoms with Crippen LogP contribution in [0.3, 0.4) is 0 Å². The maximum Gasteiger partial charge on any atom is 0.228 e. The summed E-state index contributed by atoms with van der Waals surface area (Å²) in [5.41, 5.74) is 5.17.